The van der Waals surface area contributed by atoms with Crippen LogP contribution >= 0.6 is 0 Å². The third-order valence-electron chi connectivity index (χ3n) is 0.527. The highest BCUT2D eigenvalue weighted by atomic mass is 16.4. The first kappa shape index (κ1) is 2.58. The summed E-state index contributed by atoms with van der Waals surface area (Å²) in [5, 5.41) is 8.50. The van der Waals surface area contributed by atoms with Crippen LogP contribution in [-0.2, 0) is 4.79 Å². The fourth-order valence-corrected chi connectivity index (χ4v) is 0.232. The van der Waals surface area contributed by atoms with Gasteiger partial charge >= 0.3 is 5.97 Å². The molecule has 0 aromatic heterocycles. The van der Waals surface area contributed by atoms with Crippen LogP contribution in [-0.4, -0.2) is 17.6 Å². The minimum atomic E-state index is -3.30. The lowest BCUT2D eigenvalue weighted by molar-refractivity contribution is -0.137. The Kier molecular flexibility index (Phi) is 1.60. The number of carboxylic acids is 1. The molecule has 0 aliphatic carbocycles. The Morgan fingerprint density at radius 3 is 2.78 bits per heavy atom. The lowest BCUT2D eigenvalue weighted by atomic mass is 10.2. The van der Waals surface area contributed by atoms with Gasteiger partial charge in [0.05, 0.1) is 0 Å². The van der Waals surface area contributed by atoms with E-state index in [9.17, 15) is 4.79 Å². The Labute approximate surface area is 63.3 Å². The van der Waals surface area contributed by atoms with Crippen LogP contribution in [0.4, 0.5) is 0 Å². The third-order valence-corrected chi connectivity index (χ3v) is 0.527. The van der Waals surface area contributed by atoms with E-state index in [0.717, 1.165) is 0 Å². The molecule has 3 nitrogen and oxygen atoms in total. The van der Waals surface area contributed by atoms with E-state index in [1.807, 2.05) is 0 Å². The zero-order valence-electron chi connectivity index (χ0n) is 10.8. The number of aliphatic carboxylic acids is 1. The third kappa shape index (κ3) is 7.43. The van der Waals surface area contributed by atoms with Crippen LogP contribution in [0.3, 0.4) is 0 Å². The molecular formula is C6H13NO2. The van der Waals surface area contributed by atoms with Gasteiger partial charge in [0.25, 0.3) is 0 Å². The van der Waals surface area contributed by atoms with Gasteiger partial charge in [0.2, 0.25) is 0 Å². The molecular weight excluding hydrogens is 118 g/mol. The van der Waals surface area contributed by atoms with Gasteiger partial charge in [-0.25, -0.2) is 0 Å². The minimum absolute atomic E-state index is 0.192. The smallest absolute Gasteiger partial charge is 0.303 e. The monoisotopic (exact) mass is 137 g/mol. The van der Waals surface area contributed by atoms with Crippen molar-refractivity contribution >= 4 is 5.97 Å². The summed E-state index contributed by atoms with van der Waals surface area (Å²) in [6.07, 6.45) is -9.53. The Morgan fingerprint density at radius 1 is 1.67 bits per heavy atom. The van der Waals surface area contributed by atoms with Crippen LogP contribution in [0.2, 0.25) is 0 Å². The summed E-state index contributed by atoms with van der Waals surface area (Å²) in [4.78, 5) is 10.5. The van der Waals surface area contributed by atoms with Crippen LogP contribution < -0.4 is 5.73 Å². The first-order chi connectivity index (χ1) is 6.50. The van der Waals surface area contributed by atoms with Gasteiger partial charge in [-0.05, 0) is 19.3 Å². The van der Waals surface area contributed by atoms with Crippen LogP contribution in [0.1, 0.15) is 33.8 Å². The molecule has 0 heterocycles. The Hall–Kier alpha value is -0.570. The van der Waals surface area contributed by atoms with Gasteiger partial charge in [-0.3, -0.25) is 4.79 Å². The second-order valence-corrected chi connectivity index (χ2v) is 1.27. The van der Waals surface area contributed by atoms with E-state index in [4.69, 9.17) is 19.1 Å². The lowest BCUT2D eigenvalue weighted by Crippen LogP contribution is -1.99. The molecule has 0 aliphatic heterocycles. The molecule has 54 valence electrons. The van der Waals surface area contributed by atoms with Crippen molar-refractivity contribution in [1.29, 1.82) is 0 Å². The van der Waals surface area contributed by atoms with Gasteiger partial charge in [0.15, 0.2) is 0 Å². The zero-order chi connectivity index (χ0) is 12.5. The highest BCUT2D eigenvalue weighted by Crippen LogP contribution is 1.97. The first-order valence-electron chi connectivity index (χ1n) is 5.44. The molecule has 9 heavy (non-hydrogen) atoms. The molecule has 0 aliphatic rings. The second kappa shape index (κ2) is 5.56. The summed E-state index contributed by atoms with van der Waals surface area (Å²) >= 11 is 0. The molecule has 0 rings (SSSR count). The largest absolute Gasteiger partial charge is 0.481 e. The van der Waals surface area contributed by atoms with E-state index in [1.165, 1.54) is 0 Å². The SMILES string of the molecule is [2H]C([2H])(CCN)C([2H])([2H])C([2H])([2H])C(=O)O. The Morgan fingerprint density at radius 2 is 2.33 bits per heavy atom. The number of hydrogen-bond donors (Lipinski definition) is 2. The number of carbonyl (C=O) groups is 1. The molecule has 0 saturated heterocycles. The molecule has 3 heteroatoms. The van der Waals surface area contributed by atoms with Crippen LogP contribution in [0.25, 0.3) is 0 Å². The van der Waals surface area contributed by atoms with Gasteiger partial charge in [-0.1, -0.05) is 6.37 Å². The first-order valence-corrected chi connectivity index (χ1v) is 2.44. The van der Waals surface area contributed by atoms with Gasteiger partial charge in [-0.2, -0.15) is 0 Å². The van der Waals surface area contributed by atoms with Crippen molar-refractivity contribution in [2.75, 3.05) is 6.54 Å². The average Bonchev–Trinajstić information content (AvgIpc) is 2.02. The molecule has 0 aromatic carbocycles. The van der Waals surface area contributed by atoms with Crippen molar-refractivity contribution in [1.82, 2.24) is 0 Å². The van der Waals surface area contributed by atoms with Gasteiger partial charge < -0.3 is 10.8 Å². The standard InChI is InChI=1S/C6H13NO2/c7-5-3-1-2-4-6(8)9/h1-5,7H2,(H,8,9)/i1D2,2D2,4D2. The summed E-state index contributed by atoms with van der Waals surface area (Å²) < 4.78 is 43.1. The highest BCUT2D eigenvalue weighted by Gasteiger charge is 1.94. The van der Waals surface area contributed by atoms with Crippen molar-refractivity contribution in [3.8, 4) is 0 Å². The molecule has 0 spiro atoms. The van der Waals surface area contributed by atoms with E-state index in [-0.39, 0.29) is 6.54 Å². The summed E-state index contributed by atoms with van der Waals surface area (Å²) in [6.45, 7) is -0.192. The lowest BCUT2D eigenvalue weighted by Gasteiger charge is -1.93. The van der Waals surface area contributed by atoms with Crippen molar-refractivity contribution < 1.29 is 18.1 Å². The molecule has 0 radical (unpaired) electrons. The van der Waals surface area contributed by atoms with Crippen molar-refractivity contribution in [2.24, 2.45) is 5.73 Å². The van der Waals surface area contributed by atoms with Gasteiger partial charge in [0, 0.05) is 14.6 Å². The summed E-state index contributed by atoms with van der Waals surface area (Å²) in [5.41, 5.74) is 5.05. The predicted molar refractivity (Wildman–Crippen MR) is 35.2 cm³/mol. The molecule has 0 atom stereocenters. The van der Waals surface area contributed by atoms with Crippen LogP contribution in [0, 0.1) is 0 Å². The van der Waals surface area contributed by atoms with Crippen molar-refractivity contribution in [3.63, 3.8) is 0 Å². The zero-order valence-corrected chi connectivity index (χ0v) is 4.85. The Bertz CT molecular complexity index is 254. The summed E-state index contributed by atoms with van der Waals surface area (Å²) in [6, 6.07) is 0. The molecule has 3 N–H and O–H groups in total. The molecule has 0 bridgehead atoms. The fourth-order valence-electron chi connectivity index (χ4n) is 0.232. The number of hydrogen-bond acceptors (Lipinski definition) is 2. The Balaban J connectivity index is 5.20. The van der Waals surface area contributed by atoms with E-state index in [2.05, 4.69) is 0 Å². The van der Waals surface area contributed by atoms with E-state index >= 15 is 0 Å². The maximum absolute atomic E-state index is 10.5. The van der Waals surface area contributed by atoms with Crippen molar-refractivity contribution in [3.05, 3.63) is 0 Å². The maximum Gasteiger partial charge on any atom is 0.303 e. The van der Waals surface area contributed by atoms with Crippen molar-refractivity contribution in [2.45, 2.75) is 25.5 Å². The molecule has 0 fully saturated rings. The number of rotatable bonds is 5. The molecule has 0 amide bonds. The van der Waals surface area contributed by atoms with E-state index in [1.54, 1.807) is 0 Å². The minimum Gasteiger partial charge on any atom is -0.481 e. The van der Waals surface area contributed by atoms with E-state index in [0.29, 0.717) is 0 Å². The van der Waals surface area contributed by atoms with E-state index < -0.39 is 31.5 Å². The molecule has 0 saturated carbocycles. The highest BCUT2D eigenvalue weighted by molar-refractivity contribution is 5.66. The average molecular weight is 137 g/mol. The molecule has 0 aromatic rings. The summed E-state index contributed by atoms with van der Waals surface area (Å²) in [5.74, 6) is -2.03. The number of nitrogens with two attached hydrogens (primary N) is 1. The quantitative estimate of drug-likeness (QED) is 0.583. The summed E-state index contributed by atoms with van der Waals surface area (Å²) in [7, 11) is 0. The fraction of sp³-hybridized carbons (Fsp3) is 0.833. The van der Waals surface area contributed by atoms with Crippen LogP contribution in [0.15, 0.2) is 0 Å². The maximum atomic E-state index is 10.5. The second-order valence-electron chi connectivity index (χ2n) is 1.27. The van der Waals surface area contributed by atoms with Gasteiger partial charge in [0.1, 0.15) is 0 Å². The number of carboxylic acid groups (broad SMARTS) is 1. The normalized spacial score (nSPS) is 24.1. The predicted octanol–water partition coefficient (Wildman–Crippen LogP) is 0.590. The topological polar surface area (TPSA) is 63.3 Å². The van der Waals surface area contributed by atoms with Gasteiger partial charge in [-0.15, -0.1) is 0 Å². The molecule has 0 unspecified atom stereocenters. The van der Waals surface area contributed by atoms with Crippen LogP contribution in [0.5, 0.6) is 0 Å².